The molecule has 0 saturated heterocycles. The standard InChI is InChI=1S/C15H18N2OS/c1-3-16-14(13-9-19-10(2)17-13)12-6-4-5-11-7-8-18-15(11)12/h4-6,9,14,16H,3,7-8H2,1-2H3. The van der Waals surface area contributed by atoms with Gasteiger partial charge in [0, 0.05) is 17.4 Å². The van der Waals surface area contributed by atoms with Crippen molar-refractivity contribution in [3.63, 3.8) is 0 Å². The molecule has 100 valence electrons. The Labute approximate surface area is 117 Å². The molecule has 2 heterocycles. The van der Waals surface area contributed by atoms with Crippen LogP contribution in [0.5, 0.6) is 5.75 Å². The second-order valence-electron chi connectivity index (χ2n) is 4.72. The minimum atomic E-state index is 0.128. The summed E-state index contributed by atoms with van der Waals surface area (Å²) in [6.07, 6.45) is 1.01. The van der Waals surface area contributed by atoms with Gasteiger partial charge in [0.05, 0.1) is 23.4 Å². The van der Waals surface area contributed by atoms with Crippen LogP contribution in [0.1, 0.15) is 34.8 Å². The predicted molar refractivity (Wildman–Crippen MR) is 78.0 cm³/mol. The van der Waals surface area contributed by atoms with E-state index in [0.717, 1.165) is 36.0 Å². The van der Waals surface area contributed by atoms with Crippen molar-refractivity contribution in [2.24, 2.45) is 0 Å². The Balaban J connectivity index is 2.03. The average Bonchev–Trinajstić information content (AvgIpc) is 3.04. The molecule has 19 heavy (non-hydrogen) atoms. The zero-order chi connectivity index (χ0) is 13.2. The molecule has 4 heteroatoms. The van der Waals surface area contributed by atoms with Crippen molar-refractivity contribution >= 4 is 11.3 Å². The molecule has 1 aliphatic heterocycles. The second kappa shape index (κ2) is 5.31. The predicted octanol–water partition coefficient (Wildman–Crippen LogP) is 3.09. The van der Waals surface area contributed by atoms with Crippen molar-refractivity contribution in [2.75, 3.05) is 13.2 Å². The van der Waals surface area contributed by atoms with Crippen LogP contribution in [0, 0.1) is 6.92 Å². The summed E-state index contributed by atoms with van der Waals surface area (Å²) < 4.78 is 5.82. The highest BCUT2D eigenvalue weighted by molar-refractivity contribution is 7.09. The summed E-state index contributed by atoms with van der Waals surface area (Å²) in [5.41, 5.74) is 3.61. The molecule has 1 aromatic heterocycles. The maximum Gasteiger partial charge on any atom is 0.127 e. The van der Waals surface area contributed by atoms with Crippen LogP contribution >= 0.6 is 11.3 Å². The number of hydrogen-bond donors (Lipinski definition) is 1. The van der Waals surface area contributed by atoms with Gasteiger partial charge < -0.3 is 10.1 Å². The van der Waals surface area contributed by atoms with Gasteiger partial charge in [0.15, 0.2) is 0 Å². The third-order valence-electron chi connectivity index (χ3n) is 3.40. The maximum absolute atomic E-state index is 5.82. The normalized spacial score (nSPS) is 15.1. The van der Waals surface area contributed by atoms with Crippen molar-refractivity contribution in [2.45, 2.75) is 26.3 Å². The third kappa shape index (κ3) is 2.38. The van der Waals surface area contributed by atoms with Gasteiger partial charge in [0.25, 0.3) is 0 Å². The van der Waals surface area contributed by atoms with E-state index < -0.39 is 0 Å². The molecular formula is C15H18N2OS. The summed E-state index contributed by atoms with van der Waals surface area (Å²) in [7, 11) is 0. The summed E-state index contributed by atoms with van der Waals surface area (Å²) in [6, 6.07) is 6.54. The van der Waals surface area contributed by atoms with Crippen LogP contribution in [0.2, 0.25) is 0 Å². The molecule has 0 spiro atoms. The molecule has 0 fully saturated rings. The summed E-state index contributed by atoms with van der Waals surface area (Å²) in [5.74, 6) is 1.05. The fourth-order valence-electron chi connectivity index (χ4n) is 2.56. The number of nitrogens with zero attached hydrogens (tertiary/aromatic N) is 1. The van der Waals surface area contributed by atoms with Crippen molar-refractivity contribution in [1.29, 1.82) is 0 Å². The lowest BCUT2D eigenvalue weighted by molar-refractivity contribution is 0.350. The highest BCUT2D eigenvalue weighted by Gasteiger charge is 2.24. The van der Waals surface area contributed by atoms with E-state index in [1.165, 1.54) is 11.1 Å². The monoisotopic (exact) mass is 274 g/mol. The molecule has 3 nitrogen and oxygen atoms in total. The summed E-state index contributed by atoms with van der Waals surface area (Å²) in [5, 5.41) is 6.76. The summed E-state index contributed by atoms with van der Waals surface area (Å²) in [6.45, 7) is 5.87. The Kier molecular flexibility index (Phi) is 3.53. The van der Waals surface area contributed by atoms with Crippen molar-refractivity contribution < 1.29 is 4.74 Å². The van der Waals surface area contributed by atoms with Gasteiger partial charge in [-0.3, -0.25) is 0 Å². The quantitative estimate of drug-likeness (QED) is 0.930. The second-order valence-corrected chi connectivity index (χ2v) is 5.78. The molecule has 0 radical (unpaired) electrons. The van der Waals surface area contributed by atoms with Crippen LogP contribution in [-0.4, -0.2) is 18.1 Å². The van der Waals surface area contributed by atoms with Crippen molar-refractivity contribution in [3.05, 3.63) is 45.4 Å². The zero-order valence-corrected chi connectivity index (χ0v) is 12.1. The number of fused-ring (bicyclic) bond motifs is 1. The highest BCUT2D eigenvalue weighted by atomic mass is 32.1. The van der Waals surface area contributed by atoms with Crippen LogP contribution in [-0.2, 0) is 6.42 Å². The number of hydrogen-bond acceptors (Lipinski definition) is 4. The van der Waals surface area contributed by atoms with E-state index in [2.05, 4.69) is 40.8 Å². The number of aryl methyl sites for hydroxylation is 1. The molecule has 3 rings (SSSR count). The number of benzene rings is 1. The van der Waals surface area contributed by atoms with E-state index in [1.54, 1.807) is 11.3 Å². The van der Waals surface area contributed by atoms with E-state index in [0.29, 0.717) is 0 Å². The molecule has 1 aliphatic rings. The highest BCUT2D eigenvalue weighted by Crippen LogP contribution is 2.36. The molecule has 1 unspecified atom stereocenters. The van der Waals surface area contributed by atoms with E-state index >= 15 is 0 Å². The Morgan fingerprint density at radius 1 is 1.47 bits per heavy atom. The SMILES string of the molecule is CCNC(c1csc(C)n1)c1cccc2c1OCC2. The Morgan fingerprint density at radius 2 is 2.37 bits per heavy atom. The number of thiazole rings is 1. The Hall–Kier alpha value is -1.39. The first-order valence-corrected chi connectivity index (χ1v) is 7.57. The molecule has 2 aromatic rings. The molecule has 1 aromatic carbocycles. The van der Waals surface area contributed by atoms with E-state index in [-0.39, 0.29) is 6.04 Å². The molecule has 0 aliphatic carbocycles. The minimum absolute atomic E-state index is 0.128. The average molecular weight is 274 g/mol. The van der Waals surface area contributed by atoms with Crippen molar-refractivity contribution in [1.82, 2.24) is 10.3 Å². The van der Waals surface area contributed by atoms with Gasteiger partial charge >= 0.3 is 0 Å². The molecule has 1 N–H and O–H groups in total. The van der Waals surface area contributed by atoms with Crippen LogP contribution in [0.3, 0.4) is 0 Å². The van der Waals surface area contributed by atoms with Gasteiger partial charge in [-0.15, -0.1) is 11.3 Å². The number of aromatic nitrogens is 1. The van der Waals surface area contributed by atoms with Crippen LogP contribution in [0.4, 0.5) is 0 Å². The number of ether oxygens (including phenoxy) is 1. The van der Waals surface area contributed by atoms with Crippen molar-refractivity contribution in [3.8, 4) is 5.75 Å². The summed E-state index contributed by atoms with van der Waals surface area (Å²) >= 11 is 1.69. The van der Waals surface area contributed by atoms with E-state index in [1.807, 2.05) is 6.92 Å². The fourth-order valence-corrected chi connectivity index (χ4v) is 3.20. The first-order valence-electron chi connectivity index (χ1n) is 6.69. The topological polar surface area (TPSA) is 34.2 Å². The first-order chi connectivity index (χ1) is 9.29. The molecule has 0 saturated carbocycles. The third-order valence-corrected chi connectivity index (χ3v) is 4.19. The van der Waals surface area contributed by atoms with Gasteiger partial charge in [-0.05, 0) is 19.0 Å². The lowest BCUT2D eigenvalue weighted by Crippen LogP contribution is -2.22. The van der Waals surface area contributed by atoms with Gasteiger partial charge in [0.1, 0.15) is 5.75 Å². The number of rotatable bonds is 4. The first kappa shape index (κ1) is 12.6. The molecule has 0 bridgehead atoms. The lowest BCUT2D eigenvalue weighted by atomic mass is 10.00. The van der Waals surface area contributed by atoms with E-state index in [9.17, 15) is 0 Å². The van der Waals surface area contributed by atoms with E-state index in [4.69, 9.17) is 4.74 Å². The smallest absolute Gasteiger partial charge is 0.127 e. The lowest BCUT2D eigenvalue weighted by Gasteiger charge is -2.19. The van der Waals surface area contributed by atoms with Crippen LogP contribution < -0.4 is 10.1 Å². The van der Waals surface area contributed by atoms with Crippen LogP contribution in [0.25, 0.3) is 0 Å². The fraction of sp³-hybridized carbons (Fsp3) is 0.400. The Morgan fingerprint density at radius 3 is 3.11 bits per heavy atom. The molecule has 0 amide bonds. The Bertz CT molecular complexity index is 579. The number of nitrogens with one attached hydrogen (secondary N) is 1. The van der Waals surface area contributed by atoms with Gasteiger partial charge in [-0.1, -0.05) is 25.1 Å². The molecule has 1 atom stereocenters. The van der Waals surface area contributed by atoms with Gasteiger partial charge in [-0.25, -0.2) is 4.98 Å². The largest absolute Gasteiger partial charge is 0.493 e. The van der Waals surface area contributed by atoms with Gasteiger partial charge in [0.2, 0.25) is 0 Å². The molecular weight excluding hydrogens is 256 g/mol. The van der Waals surface area contributed by atoms with Gasteiger partial charge in [-0.2, -0.15) is 0 Å². The van der Waals surface area contributed by atoms with Crippen LogP contribution in [0.15, 0.2) is 23.6 Å². The maximum atomic E-state index is 5.82. The minimum Gasteiger partial charge on any atom is -0.493 e. The zero-order valence-electron chi connectivity index (χ0n) is 11.3. The summed E-state index contributed by atoms with van der Waals surface area (Å²) in [4.78, 5) is 4.63. The number of para-hydroxylation sites is 1.